The summed E-state index contributed by atoms with van der Waals surface area (Å²) in [6.07, 6.45) is 4.10. The first kappa shape index (κ1) is 12.0. The standard InChI is InChI=1S/C13H22ClN3/c1-8-2-9(5-15-4-8)12-7-17-13-11(12)3-10(14)6-16-13/h2,8,10-13,15-17H,3-7H2,1H3/t8-,10?,11?,12?,13?/m1/s1. The molecule has 0 saturated carbocycles. The highest BCUT2D eigenvalue weighted by Crippen LogP contribution is 2.35. The Bertz CT molecular complexity index is 318. The number of nitrogens with one attached hydrogen (secondary N) is 3. The second-order valence-electron chi connectivity index (χ2n) is 5.75. The molecule has 3 aliphatic heterocycles. The Morgan fingerprint density at radius 3 is 2.88 bits per heavy atom. The summed E-state index contributed by atoms with van der Waals surface area (Å²) in [6, 6.07) is 0. The van der Waals surface area contributed by atoms with Crippen molar-refractivity contribution in [2.75, 3.05) is 26.2 Å². The van der Waals surface area contributed by atoms with Crippen LogP contribution in [0.25, 0.3) is 0 Å². The molecule has 0 bridgehead atoms. The third kappa shape index (κ3) is 2.39. The monoisotopic (exact) mass is 255 g/mol. The summed E-state index contributed by atoms with van der Waals surface area (Å²) >= 11 is 6.29. The maximum Gasteiger partial charge on any atom is 0.0608 e. The van der Waals surface area contributed by atoms with Crippen molar-refractivity contribution < 1.29 is 0 Å². The SMILES string of the molecule is C[C@@H]1C=C(C2CNC3NCC(Cl)CC32)CNC1. The number of piperidine rings is 1. The van der Waals surface area contributed by atoms with E-state index in [-0.39, 0.29) is 0 Å². The summed E-state index contributed by atoms with van der Waals surface area (Å²) < 4.78 is 0. The Hall–Kier alpha value is -0.0900. The van der Waals surface area contributed by atoms with E-state index in [0.29, 0.717) is 29.3 Å². The van der Waals surface area contributed by atoms with Crippen LogP contribution < -0.4 is 16.0 Å². The molecular weight excluding hydrogens is 234 g/mol. The van der Waals surface area contributed by atoms with Crippen molar-refractivity contribution in [3.8, 4) is 0 Å². The van der Waals surface area contributed by atoms with Crippen LogP contribution in [0.4, 0.5) is 0 Å². The van der Waals surface area contributed by atoms with Gasteiger partial charge in [0.05, 0.1) is 6.17 Å². The lowest BCUT2D eigenvalue weighted by Crippen LogP contribution is -2.50. The van der Waals surface area contributed by atoms with Gasteiger partial charge >= 0.3 is 0 Å². The van der Waals surface area contributed by atoms with Crippen molar-refractivity contribution in [3.05, 3.63) is 11.6 Å². The molecular formula is C13H22ClN3. The molecule has 3 N–H and O–H groups in total. The number of fused-ring (bicyclic) bond motifs is 1. The quantitative estimate of drug-likeness (QED) is 0.482. The normalized spacial score (nSPS) is 46.5. The third-order valence-electron chi connectivity index (χ3n) is 4.36. The highest BCUT2D eigenvalue weighted by molar-refractivity contribution is 6.20. The molecule has 0 aromatic heterocycles. The van der Waals surface area contributed by atoms with Crippen LogP contribution in [0.3, 0.4) is 0 Å². The number of halogens is 1. The first-order valence-corrected chi connectivity index (χ1v) is 7.20. The van der Waals surface area contributed by atoms with Gasteiger partial charge in [-0.2, -0.15) is 0 Å². The molecule has 0 aromatic carbocycles. The molecule has 2 fully saturated rings. The topological polar surface area (TPSA) is 36.1 Å². The van der Waals surface area contributed by atoms with E-state index in [2.05, 4.69) is 29.0 Å². The molecule has 3 aliphatic rings. The van der Waals surface area contributed by atoms with E-state index in [1.165, 1.54) is 0 Å². The summed E-state index contributed by atoms with van der Waals surface area (Å²) in [6.45, 7) is 6.51. The molecule has 0 radical (unpaired) electrons. The third-order valence-corrected chi connectivity index (χ3v) is 4.69. The molecule has 0 aromatic rings. The Balaban J connectivity index is 1.75. The van der Waals surface area contributed by atoms with Crippen LogP contribution in [0.5, 0.6) is 0 Å². The van der Waals surface area contributed by atoms with Gasteiger partial charge < -0.3 is 16.0 Å². The first-order chi connectivity index (χ1) is 8.24. The lowest BCUT2D eigenvalue weighted by molar-refractivity contribution is 0.272. The largest absolute Gasteiger partial charge is 0.312 e. The maximum absolute atomic E-state index is 6.29. The van der Waals surface area contributed by atoms with Gasteiger partial charge in [-0.3, -0.25) is 0 Å². The predicted molar refractivity (Wildman–Crippen MR) is 71.1 cm³/mol. The molecule has 17 heavy (non-hydrogen) atoms. The molecule has 4 heteroatoms. The smallest absolute Gasteiger partial charge is 0.0608 e. The minimum absolute atomic E-state index is 0.299. The van der Waals surface area contributed by atoms with Gasteiger partial charge in [0.2, 0.25) is 0 Å². The molecule has 96 valence electrons. The lowest BCUT2D eigenvalue weighted by Gasteiger charge is -2.34. The molecule has 2 saturated heterocycles. The minimum atomic E-state index is 0.299. The maximum atomic E-state index is 6.29. The molecule has 4 unspecified atom stereocenters. The average Bonchev–Trinajstić information content (AvgIpc) is 2.71. The minimum Gasteiger partial charge on any atom is -0.312 e. The van der Waals surface area contributed by atoms with Gasteiger partial charge in [-0.25, -0.2) is 0 Å². The van der Waals surface area contributed by atoms with E-state index in [4.69, 9.17) is 11.6 Å². The predicted octanol–water partition coefficient (Wildman–Crippen LogP) is 0.915. The second kappa shape index (κ2) is 4.88. The first-order valence-electron chi connectivity index (χ1n) is 6.76. The Labute approximate surface area is 108 Å². The van der Waals surface area contributed by atoms with Crippen molar-refractivity contribution >= 4 is 11.6 Å². The van der Waals surface area contributed by atoms with Crippen molar-refractivity contribution in [2.24, 2.45) is 17.8 Å². The van der Waals surface area contributed by atoms with Gasteiger partial charge in [0.25, 0.3) is 0 Å². The zero-order valence-electron chi connectivity index (χ0n) is 10.4. The van der Waals surface area contributed by atoms with Gasteiger partial charge in [0.1, 0.15) is 0 Å². The van der Waals surface area contributed by atoms with E-state index in [9.17, 15) is 0 Å². The van der Waals surface area contributed by atoms with Gasteiger partial charge in [0.15, 0.2) is 0 Å². The van der Waals surface area contributed by atoms with E-state index in [1.54, 1.807) is 5.57 Å². The lowest BCUT2D eigenvalue weighted by atomic mass is 9.80. The van der Waals surface area contributed by atoms with Crippen LogP contribution in [0, 0.1) is 17.8 Å². The molecule has 0 aliphatic carbocycles. The van der Waals surface area contributed by atoms with Gasteiger partial charge in [0, 0.05) is 31.6 Å². The number of alkyl halides is 1. The fourth-order valence-corrected chi connectivity index (χ4v) is 3.83. The summed E-state index contributed by atoms with van der Waals surface area (Å²) in [5.74, 6) is 2.01. The van der Waals surface area contributed by atoms with Crippen LogP contribution in [-0.2, 0) is 0 Å². The van der Waals surface area contributed by atoms with Crippen molar-refractivity contribution in [1.82, 2.24) is 16.0 Å². The Morgan fingerprint density at radius 2 is 2.06 bits per heavy atom. The molecule has 3 heterocycles. The average molecular weight is 256 g/mol. The van der Waals surface area contributed by atoms with Gasteiger partial charge in [-0.1, -0.05) is 18.6 Å². The highest BCUT2D eigenvalue weighted by Gasteiger charge is 2.41. The van der Waals surface area contributed by atoms with Crippen LogP contribution in [0.1, 0.15) is 13.3 Å². The van der Waals surface area contributed by atoms with Crippen LogP contribution >= 0.6 is 11.6 Å². The van der Waals surface area contributed by atoms with Crippen molar-refractivity contribution in [3.63, 3.8) is 0 Å². The Morgan fingerprint density at radius 1 is 1.24 bits per heavy atom. The summed E-state index contributed by atoms with van der Waals surface area (Å²) in [4.78, 5) is 0. The Kier molecular flexibility index (Phi) is 3.44. The molecule has 3 nitrogen and oxygen atoms in total. The van der Waals surface area contributed by atoms with Gasteiger partial charge in [-0.15, -0.1) is 11.6 Å². The highest BCUT2D eigenvalue weighted by atomic mass is 35.5. The molecule has 3 rings (SSSR count). The number of rotatable bonds is 1. The summed E-state index contributed by atoms with van der Waals surface area (Å²) in [5.41, 5.74) is 1.59. The fourth-order valence-electron chi connectivity index (χ4n) is 3.53. The second-order valence-corrected chi connectivity index (χ2v) is 6.36. The molecule has 0 spiro atoms. The van der Waals surface area contributed by atoms with Crippen molar-refractivity contribution in [1.29, 1.82) is 0 Å². The zero-order chi connectivity index (χ0) is 11.8. The van der Waals surface area contributed by atoms with E-state index < -0.39 is 0 Å². The van der Waals surface area contributed by atoms with Crippen LogP contribution in [0.15, 0.2) is 11.6 Å². The van der Waals surface area contributed by atoms with E-state index in [0.717, 1.165) is 32.6 Å². The number of hydrogen-bond acceptors (Lipinski definition) is 3. The zero-order valence-corrected chi connectivity index (χ0v) is 11.1. The summed E-state index contributed by atoms with van der Waals surface area (Å²) in [7, 11) is 0. The molecule has 0 amide bonds. The fraction of sp³-hybridized carbons (Fsp3) is 0.846. The van der Waals surface area contributed by atoms with E-state index >= 15 is 0 Å². The summed E-state index contributed by atoms with van der Waals surface area (Å²) in [5, 5.41) is 10.9. The van der Waals surface area contributed by atoms with Gasteiger partial charge in [-0.05, 0) is 24.2 Å². The molecule has 5 atom stereocenters. The van der Waals surface area contributed by atoms with Crippen LogP contribution in [0.2, 0.25) is 0 Å². The van der Waals surface area contributed by atoms with Crippen molar-refractivity contribution in [2.45, 2.75) is 24.9 Å². The van der Waals surface area contributed by atoms with Crippen LogP contribution in [-0.4, -0.2) is 37.7 Å². The van der Waals surface area contributed by atoms with E-state index in [1.807, 2.05) is 0 Å². The number of hydrogen-bond donors (Lipinski definition) is 3.